The summed E-state index contributed by atoms with van der Waals surface area (Å²) in [6, 6.07) is 12.0. The van der Waals surface area contributed by atoms with Gasteiger partial charge in [0.1, 0.15) is 24.0 Å². The Morgan fingerprint density at radius 2 is 1.97 bits per heavy atom. The second-order valence-electron chi connectivity index (χ2n) is 7.27. The second kappa shape index (κ2) is 7.29. The number of nitrogens with zero attached hydrogens (tertiary/aromatic N) is 1. The molecule has 1 saturated heterocycles. The average Bonchev–Trinajstić information content (AvgIpc) is 3.26. The maximum Gasteiger partial charge on any atom is 0.325 e. The number of carbonyl (C=O) groups excluding carboxylic acids is 2. The van der Waals surface area contributed by atoms with Gasteiger partial charge in [-0.2, -0.15) is 0 Å². The minimum absolute atomic E-state index is 0.0390. The summed E-state index contributed by atoms with van der Waals surface area (Å²) in [6.07, 6.45) is -1.02. The number of hydrogen-bond acceptors (Lipinski definition) is 6. The van der Waals surface area contributed by atoms with Crippen molar-refractivity contribution >= 4 is 11.9 Å². The SMILES string of the molecule is Cc1ccccc1OC[C@@H](O)CN1C(=O)N[C@@](C)(c2ccc3c(c2)OCO3)C1=O. The van der Waals surface area contributed by atoms with Crippen LogP contribution in [0.15, 0.2) is 42.5 Å². The quantitative estimate of drug-likeness (QED) is 0.722. The van der Waals surface area contributed by atoms with Gasteiger partial charge in [-0.15, -0.1) is 0 Å². The first-order chi connectivity index (χ1) is 13.9. The lowest BCUT2D eigenvalue weighted by Crippen LogP contribution is -2.42. The van der Waals surface area contributed by atoms with Crippen LogP contribution in [0.2, 0.25) is 0 Å². The highest BCUT2D eigenvalue weighted by Gasteiger charge is 2.49. The number of aryl methyl sites for hydroxylation is 1. The zero-order valence-corrected chi connectivity index (χ0v) is 16.2. The number of carbonyl (C=O) groups is 2. The number of amides is 3. The van der Waals surface area contributed by atoms with Gasteiger partial charge in [0.05, 0.1) is 6.54 Å². The summed E-state index contributed by atoms with van der Waals surface area (Å²) in [5.41, 5.74) is 0.257. The number of β-amino-alcohol motifs (C(OH)–C–C–N with tert-alkyl or cyclic N) is 1. The van der Waals surface area contributed by atoms with Crippen molar-refractivity contribution in [3.63, 3.8) is 0 Å². The number of urea groups is 1. The lowest BCUT2D eigenvalue weighted by atomic mass is 9.91. The first-order valence-corrected chi connectivity index (χ1v) is 9.29. The molecular formula is C21H22N2O6. The molecule has 0 aromatic heterocycles. The predicted octanol–water partition coefficient (Wildman–Crippen LogP) is 1.93. The highest BCUT2D eigenvalue weighted by atomic mass is 16.7. The van der Waals surface area contributed by atoms with E-state index in [1.807, 2.05) is 25.1 Å². The van der Waals surface area contributed by atoms with Crippen LogP contribution in [0.1, 0.15) is 18.1 Å². The van der Waals surface area contributed by atoms with Crippen molar-refractivity contribution in [2.24, 2.45) is 0 Å². The third-order valence-electron chi connectivity index (χ3n) is 5.14. The largest absolute Gasteiger partial charge is 0.491 e. The molecule has 0 saturated carbocycles. The molecule has 8 heteroatoms. The molecule has 2 heterocycles. The first-order valence-electron chi connectivity index (χ1n) is 9.29. The molecule has 8 nitrogen and oxygen atoms in total. The Morgan fingerprint density at radius 3 is 2.76 bits per heavy atom. The predicted molar refractivity (Wildman–Crippen MR) is 103 cm³/mol. The third kappa shape index (κ3) is 3.47. The lowest BCUT2D eigenvalue weighted by molar-refractivity contribution is -0.132. The number of benzene rings is 2. The molecule has 0 spiro atoms. The van der Waals surface area contributed by atoms with E-state index in [0.29, 0.717) is 22.8 Å². The van der Waals surface area contributed by atoms with Crippen molar-refractivity contribution in [3.8, 4) is 17.2 Å². The molecule has 0 radical (unpaired) electrons. The van der Waals surface area contributed by atoms with Gasteiger partial charge in [-0.25, -0.2) is 4.79 Å². The van der Waals surface area contributed by atoms with Gasteiger partial charge in [0.15, 0.2) is 11.5 Å². The fourth-order valence-corrected chi connectivity index (χ4v) is 3.43. The molecule has 0 unspecified atom stereocenters. The van der Waals surface area contributed by atoms with E-state index in [9.17, 15) is 14.7 Å². The van der Waals surface area contributed by atoms with Gasteiger partial charge in [-0.1, -0.05) is 24.3 Å². The Balaban J connectivity index is 1.44. The monoisotopic (exact) mass is 398 g/mol. The number of aliphatic hydroxyl groups is 1. The normalized spacial score (nSPS) is 21.3. The zero-order chi connectivity index (χ0) is 20.6. The smallest absolute Gasteiger partial charge is 0.325 e. The van der Waals surface area contributed by atoms with E-state index in [1.165, 1.54) is 0 Å². The van der Waals surface area contributed by atoms with Crippen LogP contribution in [0.4, 0.5) is 4.79 Å². The van der Waals surface area contributed by atoms with Gasteiger partial charge in [0.2, 0.25) is 6.79 Å². The number of imide groups is 1. The molecule has 2 aromatic carbocycles. The molecule has 2 aliphatic heterocycles. The second-order valence-corrected chi connectivity index (χ2v) is 7.27. The molecule has 152 valence electrons. The summed E-state index contributed by atoms with van der Waals surface area (Å²) in [6.45, 7) is 3.44. The summed E-state index contributed by atoms with van der Waals surface area (Å²) in [5.74, 6) is 1.32. The number of ether oxygens (including phenoxy) is 3. The van der Waals surface area contributed by atoms with Gasteiger partial charge in [-0.05, 0) is 43.2 Å². The summed E-state index contributed by atoms with van der Waals surface area (Å²) >= 11 is 0. The van der Waals surface area contributed by atoms with Crippen LogP contribution >= 0.6 is 0 Å². The Labute approximate surface area is 168 Å². The molecule has 2 aliphatic rings. The standard InChI is InChI=1S/C21H22N2O6/c1-13-5-3-4-6-16(13)27-11-15(24)10-23-19(25)21(2,22-20(23)26)14-7-8-17-18(9-14)29-12-28-17/h3-9,15,24H,10-12H2,1-2H3,(H,22,26)/t15-,21-/m0/s1. The van der Waals surface area contributed by atoms with E-state index in [1.54, 1.807) is 31.2 Å². The van der Waals surface area contributed by atoms with Crippen LogP contribution in [0.25, 0.3) is 0 Å². The fraction of sp³-hybridized carbons (Fsp3) is 0.333. The van der Waals surface area contributed by atoms with Gasteiger partial charge in [0.25, 0.3) is 5.91 Å². The highest BCUT2D eigenvalue weighted by molar-refractivity contribution is 6.07. The Kier molecular flexibility index (Phi) is 4.79. The van der Waals surface area contributed by atoms with Crippen molar-refractivity contribution in [2.75, 3.05) is 19.9 Å². The van der Waals surface area contributed by atoms with Crippen LogP contribution in [0.3, 0.4) is 0 Å². The summed E-state index contributed by atoms with van der Waals surface area (Å²) in [5, 5.41) is 13.0. The minimum Gasteiger partial charge on any atom is -0.491 e. The van der Waals surface area contributed by atoms with Crippen LogP contribution in [-0.4, -0.2) is 48.0 Å². The van der Waals surface area contributed by atoms with Crippen molar-refractivity contribution in [3.05, 3.63) is 53.6 Å². The molecule has 0 aliphatic carbocycles. The third-order valence-corrected chi connectivity index (χ3v) is 5.14. The van der Waals surface area contributed by atoms with Gasteiger partial charge in [0, 0.05) is 0 Å². The molecule has 3 amide bonds. The highest BCUT2D eigenvalue weighted by Crippen LogP contribution is 2.37. The average molecular weight is 398 g/mol. The summed E-state index contributed by atoms with van der Waals surface area (Å²) < 4.78 is 16.3. The molecule has 2 atom stereocenters. The number of nitrogens with one attached hydrogen (secondary N) is 1. The van der Waals surface area contributed by atoms with Crippen molar-refractivity contribution in [1.82, 2.24) is 10.2 Å². The van der Waals surface area contributed by atoms with E-state index in [2.05, 4.69) is 5.32 Å². The molecule has 1 fully saturated rings. The molecule has 4 rings (SSSR count). The van der Waals surface area contributed by atoms with E-state index in [-0.39, 0.29) is 19.9 Å². The Hall–Kier alpha value is -3.26. The Bertz CT molecular complexity index is 962. The number of para-hydroxylation sites is 1. The number of rotatable bonds is 6. The van der Waals surface area contributed by atoms with Crippen molar-refractivity contribution < 1.29 is 28.9 Å². The van der Waals surface area contributed by atoms with Gasteiger partial charge < -0.3 is 24.6 Å². The maximum absolute atomic E-state index is 13.0. The Morgan fingerprint density at radius 1 is 1.21 bits per heavy atom. The van der Waals surface area contributed by atoms with Crippen LogP contribution < -0.4 is 19.5 Å². The summed E-state index contributed by atoms with van der Waals surface area (Å²) in [4.78, 5) is 26.5. The molecule has 2 aromatic rings. The number of aliphatic hydroxyl groups excluding tert-OH is 1. The lowest BCUT2D eigenvalue weighted by Gasteiger charge is -2.23. The zero-order valence-electron chi connectivity index (χ0n) is 16.2. The minimum atomic E-state index is -1.26. The molecule has 0 bridgehead atoms. The summed E-state index contributed by atoms with van der Waals surface area (Å²) in [7, 11) is 0. The number of fused-ring (bicyclic) bond motifs is 1. The molecular weight excluding hydrogens is 376 g/mol. The number of hydrogen-bond donors (Lipinski definition) is 2. The van der Waals surface area contributed by atoms with Crippen molar-refractivity contribution in [2.45, 2.75) is 25.5 Å². The van der Waals surface area contributed by atoms with E-state index < -0.39 is 23.6 Å². The van der Waals surface area contributed by atoms with Crippen LogP contribution in [0, 0.1) is 6.92 Å². The van der Waals surface area contributed by atoms with Gasteiger partial charge >= 0.3 is 6.03 Å². The first kappa shape index (κ1) is 19.1. The topological polar surface area (TPSA) is 97.3 Å². The molecule has 29 heavy (non-hydrogen) atoms. The molecule has 2 N–H and O–H groups in total. The van der Waals surface area contributed by atoms with Crippen molar-refractivity contribution in [1.29, 1.82) is 0 Å². The van der Waals surface area contributed by atoms with E-state index >= 15 is 0 Å². The van der Waals surface area contributed by atoms with Crippen LogP contribution in [0.5, 0.6) is 17.2 Å². The van der Waals surface area contributed by atoms with Crippen LogP contribution in [-0.2, 0) is 10.3 Å². The fourth-order valence-electron chi connectivity index (χ4n) is 3.43. The van der Waals surface area contributed by atoms with Gasteiger partial charge in [-0.3, -0.25) is 9.69 Å². The van der Waals surface area contributed by atoms with E-state index in [0.717, 1.165) is 10.5 Å². The van der Waals surface area contributed by atoms with E-state index in [4.69, 9.17) is 14.2 Å². The maximum atomic E-state index is 13.0.